The van der Waals surface area contributed by atoms with E-state index in [1.54, 1.807) is 30.1 Å². The molecule has 1 N–H and O–H groups in total. The molecule has 0 bridgehead atoms. The van der Waals surface area contributed by atoms with Crippen LogP contribution in [0.4, 0.5) is 5.69 Å². The van der Waals surface area contributed by atoms with Gasteiger partial charge in [-0.1, -0.05) is 18.2 Å². The van der Waals surface area contributed by atoms with Crippen molar-refractivity contribution in [3.8, 4) is 11.5 Å². The van der Waals surface area contributed by atoms with Gasteiger partial charge in [0.1, 0.15) is 5.69 Å². The third-order valence-corrected chi connectivity index (χ3v) is 2.92. The first-order chi connectivity index (χ1) is 9.74. The zero-order chi connectivity index (χ0) is 13.9. The van der Waals surface area contributed by atoms with Crippen LogP contribution in [-0.2, 0) is 7.05 Å². The number of hydrogen-bond donors (Lipinski definition) is 1. The lowest BCUT2D eigenvalue weighted by molar-refractivity contribution is 0.102. The highest BCUT2D eigenvalue weighted by atomic mass is 16.3. The minimum atomic E-state index is -0.246. The number of aryl methyl sites for hydroxylation is 1. The van der Waals surface area contributed by atoms with E-state index >= 15 is 0 Å². The summed E-state index contributed by atoms with van der Waals surface area (Å²) in [5, 5.41) is 7.01. The third kappa shape index (κ3) is 2.33. The van der Waals surface area contributed by atoms with E-state index in [2.05, 4.69) is 10.4 Å². The van der Waals surface area contributed by atoms with E-state index < -0.39 is 0 Å². The molecule has 2 heterocycles. The van der Waals surface area contributed by atoms with E-state index in [1.807, 2.05) is 36.4 Å². The lowest BCUT2D eigenvalue weighted by atomic mass is 10.2. The van der Waals surface area contributed by atoms with Crippen molar-refractivity contribution in [2.75, 3.05) is 5.32 Å². The van der Waals surface area contributed by atoms with Gasteiger partial charge in [0, 0.05) is 18.8 Å². The molecule has 0 atom stereocenters. The molecular weight excluding hydrogens is 254 g/mol. The SMILES string of the molecule is Cn1nc(C(=O)Nc2ccccc2)cc1-c1ccco1. The minimum absolute atomic E-state index is 0.246. The molecule has 0 aliphatic heterocycles. The average molecular weight is 267 g/mol. The van der Waals surface area contributed by atoms with E-state index in [1.165, 1.54) is 0 Å². The topological polar surface area (TPSA) is 60.1 Å². The van der Waals surface area contributed by atoms with Gasteiger partial charge in [-0.15, -0.1) is 0 Å². The van der Waals surface area contributed by atoms with Crippen LogP contribution in [0.1, 0.15) is 10.5 Å². The normalized spacial score (nSPS) is 10.4. The molecule has 0 unspecified atom stereocenters. The number of carbonyl (C=O) groups excluding carboxylic acids is 1. The molecule has 5 heteroatoms. The zero-order valence-corrected chi connectivity index (χ0v) is 10.9. The molecule has 0 saturated carbocycles. The van der Waals surface area contributed by atoms with Crippen molar-refractivity contribution in [3.63, 3.8) is 0 Å². The molecule has 0 aliphatic carbocycles. The second kappa shape index (κ2) is 5.05. The predicted octanol–water partition coefficient (Wildman–Crippen LogP) is 2.93. The highest BCUT2D eigenvalue weighted by Crippen LogP contribution is 2.20. The number of nitrogens with zero attached hydrogens (tertiary/aromatic N) is 2. The summed E-state index contributed by atoms with van der Waals surface area (Å²) in [5.74, 6) is 0.434. The van der Waals surface area contributed by atoms with E-state index in [0.29, 0.717) is 11.5 Å². The first-order valence-corrected chi connectivity index (χ1v) is 6.18. The van der Waals surface area contributed by atoms with Crippen molar-refractivity contribution >= 4 is 11.6 Å². The standard InChI is InChI=1S/C15H13N3O2/c1-18-13(14-8-5-9-20-14)10-12(17-18)15(19)16-11-6-3-2-4-7-11/h2-10H,1H3,(H,16,19). The highest BCUT2D eigenvalue weighted by molar-refractivity contribution is 6.03. The van der Waals surface area contributed by atoms with Gasteiger partial charge in [-0.05, 0) is 24.3 Å². The van der Waals surface area contributed by atoms with Crippen molar-refractivity contribution in [2.24, 2.45) is 7.05 Å². The molecule has 3 rings (SSSR count). The van der Waals surface area contributed by atoms with Crippen molar-refractivity contribution in [3.05, 3.63) is 60.5 Å². The quantitative estimate of drug-likeness (QED) is 0.793. The fraction of sp³-hybridized carbons (Fsp3) is 0.0667. The summed E-state index contributed by atoms with van der Waals surface area (Å²) >= 11 is 0. The van der Waals surface area contributed by atoms with Crippen LogP contribution in [-0.4, -0.2) is 15.7 Å². The molecule has 1 aromatic carbocycles. The third-order valence-electron chi connectivity index (χ3n) is 2.92. The lowest BCUT2D eigenvalue weighted by Crippen LogP contribution is -2.12. The van der Waals surface area contributed by atoms with Crippen LogP contribution < -0.4 is 5.32 Å². The summed E-state index contributed by atoms with van der Waals surface area (Å²) in [6.45, 7) is 0. The Kier molecular flexibility index (Phi) is 3.09. The molecule has 20 heavy (non-hydrogen) atoms. The Balaban J connectivity index is 1.84. The molecule has 100 valence electrons. The number of rotatable bonds is 3. The van der Waals surface area contributed by atoms with Crippen LogP contribution in [0.5, 0.6) is 0 Å². The van der Waals surface area contributed by atoms with Gasteiger partial charge >= 0.3 is 0 Å². The summed E-state index contributed by atoms with van der Waals surface area (Å²) in [5.41, 5.74) is 1.85. The fourth-order valence-corrected chi connectivity index (χ4v) is 1.95. The second-order valence-corrected chi connectivity index (χ2v) is 4.34. The maximum Gasteiger partial charge on any atom is 0.276 e. The molecule has 2 aromatic heterocycles. The maximum absolute atomic E-state index is 12.1. The van der Waals surface area contributed by atoms with Gasteiger partial charge in [0.25, 0.3) is 5.91 Å². The summed E-state index contributed by atoms with van der Waals surface area (Å²) in [6, 6.07) is 14.6. The molecule has 1 amide bonds. The van der Waals surface area contributed by atoms with E-state index in [4.69, 9.17) is 4.42 Å². The first-order valence-electron chi connectivity index (χ1n) is 6.18. The predicted molar refractivity (Wildman–Crippen MR) is 75.3 cm³/mol. The molecule has 0 spiro atoms. The smallest absolute Gasteiger partial charge is 0.276 e. The van der Waals surface area contributed by atoms with Gasteiger partial charge in [0.15, 0.2) is 11.5 Å². The molecule has 0 fully saturated rings. The summed E-state index contributed by atoms with van der Waals surface area (Å²) in [4.78, 5) is 12.1. The Hall–Kier alpha value is -2.82. The molecule has 0 radical (unpaired) electrons. The Morgan fingerprint density at radius 2 is 2.00 bits per heavy atom. The Morgan fingerprint density at radius 3 is 2.70 bits per heavy atom. The fourth-order valence-electron chi connectivity index (χ4n) is 1.95. The van der Waals surface area contributed by atoms with Crippen LogP contribution in [0.25, 0.3) is 11.5 Å². The second-order valence-electron chi connectivity index (χ2n) is 4.34. The number of aromatic nitrogens is 2. The van der Waals surface area contributed by atoms with Crippen molar-refractivity contribution in [1.29, 1.82) is 0 Å². The molecule has 5 nitrogen and oxygen atoms in total. The van der Waals surface area contributed by atoms with Gasteiger partial charge in [-0.3, -0.25) is 9.48 Å². The minimum Gasteiger partial charge on any atom is -0.463 e. The molecule has 0 aliphatic rings. The monoisotopic (exact) mass is 267 g/mol. The van der Waals surface area contributed by atoms with Crippen molar-refractivity contribution < 1.29 is 9.21 Å². The summed E-state index contributed by atoms with van der Waals surface area (Å²) in [6.07, 6.45) is 1.59. The van der Waals surface area contributed by atoms with Gasteiger partial charge in [0.2, 0.25) is 0 Å². The van der Waals surface area contributed by atoms with Gasteiger partial charge in [0.05, 0.1) is 6.26 Å². The Bertz CT molecular complexity index is 715. The molecule has 3 aromatic rings. The number of amides is 1. The van der Waals surface area contributed by atoms with Gasteiger partial charge in [-0.2, -0.15) is 5.10 Å². The number of para-hydroxylation sites is 1. The van der Waals surface area contributed by atoms with Gasteiger partial charge in [-0.25, -0.2) is 0 Å². The average Bonchev–Trinajstić information content (AvgIpc) is 3.08. The number of carbonyl (C=O) groups is 1. The Labute approximate surface area is 115 Å². The first kappa shape index (κ1) is 12.2. The summed E-state index contributed by atoms with van der Waals surface area (Å²) in [7, 11) is 1.77. The van der Waals surface area contributed by atoms with E-state index in [9.17, 15) is 4.79 Å². The van der Waals surface area contributed by atoms with Gasteiger partial charge < -0.3 is 9.73 Å². The van der Waals surface area contributed by atoms with Crippen molar-refractivity contribution in [2.45, 2.75) is 0 Å². The number of anilines is 1. The number of furan rings is 1. The number of hydrogen-bond acceptors (Lipinski definition) is 3. The molecular formula is C15H13N3O2. The van der Waals surface area contributed by atoms with E-state index in [0.717, 1.165) is 11.4 Å². The Morgan fingerprint density at radius 1 is 1.20 bits per heavy atom. The number of nitrogens with one attached hydrogen (secondary N) is 1. The van der Waals surface area contributed by atoms with E-state index in [-0.39, 0.29) is 5.91 Å². The molecule has 0 saturated heterocycles. The van der Waals surface area contributed by atoms with Crippen LogP contribution >= 0.6 is 0 Å². The van der Waals surface area contributed by atoms with Crippen LogP contribution in [0.2, 0.25) is 0 Å². The zero-order valence-electron chi connectivity index (χ0n) is 10.9. The van der Waals surface area contributed by atoms with Crippen LogP contribution in [0.3, 0.4) is 0 Å². The lowest BCUT2D eigenvalue weighted by Gasteiger charge is -2.01. The number of benzene rings is 1. The van der Waals surface area contributed by atoms with Crippen LogP contribution in [0.15, 0.2) is 59.2 Å². The largest absolute Gasteiger partial charge is 0.463 e. The van der Waals surface area contributed by atoms with Crippen LogP contribution in [0, 0.1) is 0 Å². The highest BCUT2D eigenvalue weighted by Gasteiger charge is 2.15. The maximum atomic E-state index is 12.1. The van der Waals surface area contributed by atoms with Crippen molar-refractivity contribution in [1.82, 2.24) is 9.78 Å². The summed E-state index contributed by atoms with van der Waals surface area (Å²) < 4.78 is 6.94.